The Bertz CT molecular complexity index is 429. The molecule has 0 aromatic heterocycles. The largest absolute Gasteiger partial charge is 0.496 e. The molecule has 1 saturated carbocycles. The van der Waals surface area contributed by atoms with Crippen molar-refractivity contribution in [1.82, 2.24) is 5.32 Å². The number of hydrogen-bond donors (Lipinski definition) is 1. The number of methoxy groups -OCH3 is 1. The van der Waals surface area contributed by atoms with E-state index in [2.05, 4.69) is 40.3 Å². The molecule has 21 heavy (non-hydrogen) atoms. The molecule has 1 fully saturated rings. The van der Waals surface area contributed by atoms with Gasteiger partial charge in [-0.25, -0.2) is 0 Å². The van der Waals surface area contributed by atoms with Gasteiger partial charge in [-0.3, -0.25) is 0 Å². The van der Waals surface area contributed by atoms with Gasteiger partial charge in [0.25, 0.3) is 0 Å². The molecule has 0 saturated heterocycles. The van der Waals surface area contributed by atoms with Crippen molar-refractivity contribution in [3.05, 3.63) is 28.2 Å². The molecular formula is C18H28BrNO. The Kier molecular flexibility index (Phi) is 7.05. The standard InChI is InChI=1S/C18H28BrNO/c1-3-20-17(10-8-14-6-4-5-7-14)13-15-12-16(19)9-11-18(15)21-2/h9,11-12,14,17,20H,3-8,10,13H2,1-2H3. The Morgan fingerprint density at radius 2 is 2.10 bits per heavy atom. The number of ether oxygens (including phenoxy) is 1. The third-order valence-corrected chi connectivity index (χ3v) is 5.09. The highest BCUT2D eigenvalue weighted by Gasteiger charge is 2.18. The van der Waals surface area contributed by atoms with Crippen LogP contribution in [0.1, 0.15) is 51.0 Å². The van der Waals surface area contributed by atoms with E-state index in [-0.39, 0.29) is 0 Å². The maximum Gasteiger partial charge on any atom is 0.122 e. The van der Waals surface area contributed by atoms with Crippen molar-refractivity contribution in [2.45, 2.75) is 57.9 Å². The lowest BCUT2D eigenvalue weighted by Gasteiger charge is -2.21. The maximum atomic E-state index is 5.51. The van der Waals surface area contributed by atoms with E-state index in [1.165, 1.54) is 44.1 Å². The first-order chi connectivity index (χ1) is 10.2. The summed E-state index contributed by atoms with van der Waals surface area (Å²) in [6.07, 6.45) is 9.45. The van der Waals surface area contributed by atoms with Crippen LogP contribution in [0.4, 0.5) is 0 Å². The molecule has 1 unspecified atom stereocenters. The number of halogens is 1. The van der Waals surface area contributed by atoms with Crippen molar-refractivity contribution in [2.24, 2.45) is 5.92 Å². The lowest BCUT2D eigenvalue weighted by molar-refractivity contribution is 0.389. The molecule has 0 aliphatic heterocycles. The normalized spacial score (nSPS) is 17.1. The zero-order valence-corrected chi connectivity index (χ0v) is 14.9. The molecule has 0 bridgehead atoms. The molecule has 1 N–H and O–H groups in total. The van der Waals surface area contributed by atoms with Crippen LogP contribution < -0.4 is 10.1 Å². The lowest BCUT2D eigenvalue weighted by Crippen LogP contribution is -2.31. The Morgan fingerprint density at radius 3 is 2.76 bits per heavy atom. The number of nitrogens with one attached hydrogen (secondary N) is 1. The van der Waals surface area contributed by atoms with Crippen molar-refractivity contribution < 1.29 is 4.74 Å². The average Bonchev–Trinajstić information content (AvgIpc) is 2.98. The fourth-order valence-corrected chi connectivity index (χ4v) is 3.88. The van der Waals surface area contributed by atoms with Gasteiger partial charge in [-0.05, 0) is 55.5 Å². The Hall–Kier alpha value is -0.540. The molecule has 2 rings (SSSR count). The molecule has 0 spiro atoms. The second-order valence-electron chi connectivity index (χ2n) is 6.14. The molecule has 2 nitrogen and oxygen atoms in total. The first kappa shape index (κ1) is 16.8. The summed E-state index contributed by atoms with van der Waals surface area (Å²) in [5, 5.41) is 3.65. The van der Waals surface area contributed by atoms with Crippen LogP contribution in [0.3, 0.4) is 0 Å². The highest BCUT2D eigenvalue weighted by molar-refractivity contribution is 9.10. The van der Waals surface area contributed by atoms with Crippen molar-refractivity contribution in [3.63, 3.8) is 0 Å². The Labute approximate surface area is 137 Å². The molecular weight excluding hydrogens is 326 g/mol. The van der Waals surface area contributed by atoms with Gasteiger partial charge in [0.05, 0.1) is 7.11 Å². The quantitative estimate of drug-likeness (QED) is 0.713. The molecule has 3 heteroatoms. The van der Waals surface area contributed by atoms with Gasteiger partial charge in [0.2, 0.25) is 0 Å². The van der Waals surface area contributed by atoms with Crippen molar-refractivity contribution >= 4 is 15.9 Å². The highest BCUT2D eigenvalue weighted by atomic mass is 79.9. The van der Waals surface area contributed by atoms with Crippen LogP contribution >= 0.6 is 15.9 Å². The van der Waals surface area contributed by atoms with Crippen LogP contribution in [-0.2, 0) is 6.42 Å². The molecule has 1 atom stereocenters. The van der Waals surface area contributed by atoms with E-state index in [4.69, 9.17) is 4.74 Å². The van der Waals surface area contributed by atoms with Crippen molar-refractivity contribution in [3.8, 4) is 5.75 Å². The van der Waals surface area contributed by atoms with Crippen molar-refractivity contribution in [2.75, 3.05) is 13.7 Å². The maximum absolute atomic E-state index is 5.51. The monoisotopic (exact) mass is 353 g/mol. The van der Waals surface area contributed by atoms with E-state index in [1.54, 1.807) is 7.11 Å². The minimum absolute atomic E-state index is 0.554. The first-order valence-electron chi connectivity index (χ1n) is 8.28. The highest BCUT2D eigenvalue weighted by Crippen LogP contribution is 2.30. The van der Waals surface area contributed by atoms with Crippen LogP contribution in [0.2, 0.25) is 0 Å². The molecule has 1 aliphatic rings. The van der Waals surface area contributed by atoms with Gasteiger partial charge in [0.1, 0.15) is 5.75 Å². The fraction of sp³-hybridized carbons (Fsp3) is 0.667. The van der Waals surface area contributed by atoms with Crippen molar-refractivity contribution in [1.29, 1.82) is 0 Å². The van der Waals surface area contributed by atoms with Crippen LogP contribution in [0.15, 0.2) is 22.7 Å². The van der Waals surface area contributed by atoms with Crippen LogP contribution in [0.25, 0.3) is 0 Å². The van der Waals surface area contributed by atoms with Crippen LogP contribution in [0, 0.1) is 5.92 Å². The number of hydrogen-bond acceptors (Lipinski definition) is 2. The minimum Gasteiger partial charge on any atom is -0.496 e. The predicted molar refractivity (Wildman–Crippen MR) is 93.1 cm³/mol. The molecule has 1 aliphatic carbocycles. The van der Waals surface area contributed by atoms with Gasteiger partial charge in [-0.15, -0.1) is 0 Å². The van der Waals surface area contributed by atoms with Gasteiger partial charge in [-0.1, -0.05) is 48.5 Å². The number of benzene rings is 1. The number of likely N-dealkylation sites (N-methyl/N-ethyl adjacent to an activating group) is 1. The van der Waals surface area contributed by atoms with Gasteiger partial charge in [-0.2, -0.15) is 0 Å². The second-order valence-corrected chi connectivity index (χ2v) is 7.06. The summed E-state index contributed by atoms with van der Waals surface area (Å²) in [6.45, 7) is 3.23. The SMILES string of the molecule is CCNC(CCC1CCCC1)Cc1cc(Br)ccc1OC. The van der Waals surface area contributed by atoms with Gasteiger partial charge < -0.3 is 10.1 Å². The van der Waals surface area contributed by atoms with E-state index in [0.717, 1.165) is 29.1 Å². The van der Waals surface area contributed by atoms with Gasteiger partial charge in [0.15, 0.2) is 0 Å². The van der Waals surface area contributed by atoms with E-state index in [1.807, 2.05) is 6.07 Å². The Balaban J connectivity index is 1.96. The fourth-order valence-electron chi connectivity index (χ4n) is 3.47. The summed E-state index contributed by atoms with van der Waals surface area (Å²) < 4.78 is 6.64. The molecule has 0 amide bonds. The van der Waals surface area contributed by atoms with Crippen LogP contribution in [-0.4, -0.2) is 19.7 Å². The van der Waals surface area contributed by atoms with E-state index < -0.39 is 0 Å². The van der Waals surface area contributed by atoms with Gasteiger partial charge >= 0.3 is 0 Å². The minimum atomic E-state index is 0.554. The summed E-state index contributed by atoms with van der Waals surface area (Å²) in [5.74, 6) is 1.97. The van der Waals surface area contributed by atoms with Gasteiger partial charge in [0, 0.05) is 10.5 Å². The van der Waals surface area contributed by atoms with Crippen LogP contribution in [0.5, 0.6) is 5.75 Å². The topological polar surface area (TPSA) is 21.3 Å². The zero-order chi connectivity index (χ0) is 15.1. The summed E-state index contributed by atoms with van der Waals surface area (Å²) in [6, 6.07) is 6.85. The third kappa shape index (κ3) is 5.30. The first-order valence-corrected chi connectivity index (χ1v) is 9.08. The average molecular weight is 354 g/mol. The molecule has 1 aromatic rings. The number of rotatable bonds is 8. The third-order valence-electron chi connectivity index (χ3n) is 4.60. The lowest BCUT2D eigenvalue weighted by atomic mass is 9.94. The summed E-state index contributed by atoms with van der Waals surface area (Å²) in [7, 11) is 1.76. The van der Waals surface area contributed by atoms with E-state index in [0.29, 0.717) is 6.04 Å². The second kappa shape index (κ2) is 8.79. The summed E-state index contributed by atoms with van der Waals surface area (Å²) in [5.41, 5.74) is 1.30. The zero-order valence-electron chi connectivity index (χ0n) is 13.3. The Morgan fingerprint density at radius 1 is 1.33 bits per heavy atom. The predicted octanol–water partition coefficient (Wildman–Crippen LogP) is 4.95. The molecule has 0 radical (unpaired) electrons. The molecule has 118 valence electrons. The summed E-state index contributed by atoms with van der Waals surface area (Å²) in [4.78, 5) is 0. The molecule has 0 heterocycles. The summed E-state index contributed by atoms with van der Waals surface area (Å²) >= 11 is 3.57. The molecule has 1 aromatic carbocycles. The van der Waals surface area contributed by atoms with E-state index in [9.17, 15) is 0 Å². The van der Waals surface area contributed by atoms with E-state index >= 15 is 0 Å². The smallest absolute Gasteiger partial charge is 0.122 e.